The van der Waals surface area contributed by atoms with Gasteiger partial charge in [-0.05, 0) is 11.6 Å². The average molecular weight is 200 g/mol. The second-order valence-corrected chi connectivity index (χ2v) is 2.18. The molecular weight excluding hydrogens is 187 g/mol. The standard InChI is InChI=1S/C7H7N2.C2H6.V/c1-2-8-4-7-5-9-3-6(1)7;1-2;/h1-2,4H,3,5H2;1-2H3;/q-1;;. The Morgan fingerprint density at radius 1 is 1.25 bits per heavy atom. The fourth-order valence-electron chi connectivity index (χ4n) is 1.05. The van der Waals surface area contributed by atoms with Gasteiger partial charge in [0, 0.05) is 30.9 Å². The molecule has 2 heterocycles. The van der Waals surface area contributed by atoms with Crippen molar-refractivity contribution in [3.05, 3.63) is 34.9 Å². The molecule has 1 aliphatic heterocycles. The monoisotopic (exact) mass is 200 g/mol. The van der Waals surface area contributed by atoms with Gasteiger partial charge in [-0.1, -0.05) is 19.4 Å². The Morgan fingerprint density at radius 3 is 2.58 bits per heavy atom. The second kappa shape index (κ2) is 6.24. The Morgan fingerprint density at radius 2 is 1.92 bits per heavy atom. The van der Waals surface area contributed by atoms with Crippen molar-refractivity contribution < 1.29 is 18.6 Å². The van der Waals surface area contributed by atoms with Crippen LogP contribution in [0.4, 0.5) is 0 Å². The topological polar surface area (TPSA) is 27.0 Å². The smallest absolute Gasteiger partial charge is 0.0284 e. The van der Waals surface area contributed by atoms with Crippen molar-refractivity contribution in [3.8, 4) is 0 Å². The minimum absolute atomic E-state index is 0. The summed E-state index contributed by atoms with van der Waals surface area (Å²) in [4.78, 5) is 4.00. The summed E-state index contributed by atoms with van der Waals surface area (Å²) in [6.07, 6.45) is 3.71. The molecule has 1 aromatic rings. The van der Waals surface area contributed by atoms with Gasteiger partial charge in [-0.15, -0.1) is 13.1 Å². The molecule has 0 fully saturated rings. The molecule has 0 saturated heterocycles. The zero-order chi connectivity index (χ0) is 8.10. The van der Waals surface area contributed by atoms with Gasteiger partial charge in [-0.25, -0.2) is 0 Å². The maximum absolute atomic E-state index is 4.21. The Hall–Kier alpha value is -0.306. The molecule has 0 unspecified atom stereocenters. The molecule has 3 heteroatoms. The maximum atomic E-state index is 4.21. The SMILES string of the molecule is CC.[V].c1cc2c(cn1)C[N-]C2. The van der Waals surface area contributed by atoms with Crippen LogP contribution in [0, 0.1) is 0 Å². The third-order valence-corrected chi connectivity index (χ3v) is 1.57. The first-order chi connectivity index (χ1) is 5.47. The van der Waals surface area contributed by atoms with Crippen LogP contribution < -0.4 is 0 Å². The van der Waals surface area contributed by atoms with E-state index >= 15 is 0 Å². The van der Waals surface area contributed by atoms with E-state index in [1.807, 2.05) is 32.3 Å². The van der Waals surface area contributed by atoms with E-state index in [1.165, 1.54) is 11.1 Å². The van der Waals surface area contributed by atoms with Gasteiger partial charge in [0.15, 0.2) is 0 Å². The molecule has 0 amide bonds. The molecule has 0 atom stereocenters. The third kappa shape index (κ3) is 2.63. The van der Waals surface area contributed by atoms with E-state index in [4.69, 9.17) is 0 Å². The van der Waals surface area contributed by atoms with Gasteiger partial charge in [0.05, 0.1) is 0 Å². The summed E-state index contributed by atoms with van der Waals surface area (Å²) in [5.41, 5.74) is 2.63. The number of hydrogen-bond acceptors (Lipinski definition) is 1. The predicted molar refractivity (Wildman–Crippen MR) is 46.4 cm³/mol. The predicted octanol–water partition coefficient (Wildman–Crippen LogP) is 2.49. The van der Waals surface area contributed by atoms with Crippen LogP contribution >= 0.6 is 0 Å². The molecule has 0 aromatic carbocycles. The summed E-state index contributed by atoms with van der Waals surface area (Å²) in [7, 11) is 0. The molecule has 1 aliphatic rings. The maximum Gasteiger partial charge on any atom is 0.0284 e. The molecular formula is C9H13N2V-. The number of hydrogen-bond donors (Lipinski definition) is 0. The molecule has 1 radical (unpaired) electrons. The average Bonchev–Trinajstić information content (AvgIpc) is 2.55. The van der Waals surface area contributed by atoms with Gasteiger partial charge in [0.1, 0.15) is 0 Å². The summed E-state index contributed by atoms with van der Waals surface area (Å²) in [5.74, 6) is 0. The van der Waals surface area contributed by atoms with Gasteiger partial charge in [-0.2, -0.15) is 0 Å². The van der Waals surface area contributed by atoms with Gasteiger partial charge in [0.25, 0.3) is 0 Å². The van der Waals surface area contributed by atoms with Gasteiger partial charge in [-0.3, -0.25) is 4.98 Å². The first kappa shape index (κ1) is 11.7. The summed E-state index contributed by atoms with van der Waals surface area (Å²) in [6.45, 7) is 5.75. The Balaban J connectivity index is 0.000000378. The first-order valence-electron chi connectivity index (χ1n) is 4.02. The minimum Gasteiger partial charge on any atom is -0.655 e. The largest absolute Gasteiger partial charge is 0.655 e. The summed E-state index contributed by atoms with van der Waals surface area (Å²) < 4.78 is 0. The Bertz CT molecular complexity index is 203. The van der Waals surface area contributed by atoms with Gasteiger partial charge >= 0.3 is 0 Å². The van der Waals surface area contributed by atoms with E-state index < -0.39 is 0 Å². The fourth-order valence-corrected chi connectivity index (χ4v) is 1.05. The van der Waals surface area contributed by atoms with Crippen LogP contribution in [0.2, 0.25) is 0 Å². The first-order valence-corrected chi connectivity index (χ1v) is 4.02. The zero-order valence-electron chi connectivity index (χ0n) is 7.49. The molecule has 12 heavy (non-hydrogen) atoms. The van der Waals surface area contributed by atoms with E-state index in [-0.39, 0.29) is 18.6 Å². The van der Waals surface area contributed by atoms with Crippen molar-refractivity contribution in [2.75, 3.05) is 0 Å². The van der Waals surface area contributed by atoms with Crippen LogP contribution in [0.3, 0.4) is 0 Å². The molecule has 2 nitrogen and oxygen atoms in total. The van der Waals surface area contributed by atoms with E-state index in [0.29, 0.717) is 0 Å². The van der Waals surface area contributed by atoms with Crippen molar-refractivity contribution in [2.45, 2.75) is 26.9 Å². The summed E-state index contributed by atoms with van der Waals surface area (Å²) in [5, 5.41) is 4.21. The summed E-state index contributed by atoms with van der Waals surface area (Å²) in [6, 6.07) is 2.03. The Kier molecular flexibility index (Phi) is 6.08. The van der Waals surface area contributed by atoms with Crippen LogP contribution in [0.25, 0.3) is 5.32 Å². The van der Waals surface area contributed by atoms with Crippen LogP contribution in [-0.2, 0) is 31.6 Å². The van der Waals surface area contributed by atoms with E-state index in [9.17, 15) is 0 Å². The van der Waals surface area contributed by atoms with Gasteiger partial charge in [0.2, 0.25) is 0 Å². The van der Waals surface area contributed by atoms with E-state index in [2.05, 4.69) is 10.3 Å². The number of rotatable bonds is 0. The van der Waals surface area contributed by atoms with Crippen molar-refractivity contribution >= 4 is 0 Å². The number of fused-ring (bicyclic) bond motifs is 1. The molecule has 0 bridgehead atoms. The second-order valence-electron chi connectivity index (χ2n) is 2.18. The number of nitrogens with zero attached hydrogens (tertiary/aromatic N) is 2. The number of aromatic nitrogens is 1. The quantitative estimate of drug-likeness (QED) is 0.632. The van der Waals surface area contributed by atoms with Crippen LogP contribution in [0.15, 0.2) is 18.5 Å². The normalized spacial score (nSPS) is 12.2. The van der Waals surface area contributed by atoms with E-state index in [0.717, 1.165) is 13.1 Å². The van der Waals surface area contributed by atoms with Crippen molar-refractivity contribution in [3.63, 3.8) is 0 Å². The van der Waals surface area contributed by atoms with Crippen molar-refractivity contribution in [1.82, 2.24) is 4.98 Å². The number of pyridine rings is 1. The molecule has 0 saturated carbocycles. The van der Waals surface area contributed by atoms with E-state index in [1.54, 1.807) is 0 Å². The van der Waals surface area contributed by atoms with Crippen LogP contribution in [0.1, 0.15) is 25.0 Å². The molecule has 0 N–H and O–H groups in total. The molecule has 65 valence electrons. The minimum atomic E-state index is 0. The van der Waals surface area contributed by atoms with Crippen molar-refractivity contribution in [1.29, 1.82) is 0 Å². The molecule has 2 rings (SSSR count). The summed E-state index contributed by atoms with van der Waals surface area (Å²) >= 11 is 0. The fraction of sp³-hybridized carbons (Fsp3) is 0.444. The molecule has 0 aliphatic carbocycles. The Labute approximate surface area is 85.7 Å². The van der Waals surface area contributed by atoms with Gasteiger partial charge < -0.3 is 5.32 Å². The third-order valence-electron chi connectivity index (χ3n) is 1.57. The molecule has 0 spiro atoms. The van der Waals surface area contributed by atoms with Crippen LogP contribution in [-0.4, -0.2) is 4.98 Å². The zero-order valence-corrected chi connectivity index (χ0v) is 8.88. The molecule has 1 aromatic heterocycles. The van der Waals surface area contributed by atoms with Crippen LogP contribution in [0.5, 0.6) is 0 Å². The van der Waals surface area contributed by atoms with Crippen molar-refractivity contribution in [2.24, 2.45) is 0 Å².